The third-order valence-electron chi connectivity index (χ3n) is 1.73. The highest BCUT2D eigenvalue weighted by molar-refractivity contribution is 6.09. The van der Waals surface area contributed by atoms with Gasteiger partial charge in [-0.3, -0.25) is 4.79 Å². The number of benzene rings is 1. The highest BCUT2D eigenvalue weighted by Crippen LogP contribution is 2.35. The molecule has 1 unspecified atom stereocenters. The summed E-state index contributed by atoms with van der Waals surface area (Å²) in [5, 5.41) is 0. The molecule has 0 radical (unpaired) electrons. The minimum atomic E-state index is -1.35. The van der Waals surface area contributed by atoms with Crippen LogP contribution in [-0.2, 0) is 0 Å². The number of fused-ring (bicyclic) bond motifs is 1. The lowest BCUT2D eigenvalue weighted by Crippen LogP contribution is -2.22. The summed E-state index contributed by atoms with van der Waals surface area (Å²) in [5.41, 5.74) is 1.07. The second kappa shape index (κ2) is 1.66. The molecule has 0 fully saturated rings. The van der Waals surface area contributed by atoms with Gasteiger partial charge >= 0.3 is 0 Å². The quantitative estimate of drug-likeness (QED) is 0.532. The number of alkyl halides is 1. The van der Waals surface area contributed by atoms with Gasteiger partial charge in [-0.2, -0.15) is 0 Å². The Morgan fingerprint density at radius 1 is 1.30 bits per heavy atom. The first-order valence-corrected chi connectivity index (χ1v) is 3.08. The van der Waals surface area contributed by atoms with E-state index < -0.39 is 6.17 Å². The molecule has 0 saturated carbocycles. The predicted octanol–water partition coefficient (Wildman–Crippen LogP) is 1.89. The molecule has 0 heterocycles. The van der Waals surface area contributed by atoms with Crippen molar-refractivity contribution >= 4 is 5.78 Å². The molecular formula is C8H5FO. The van der Waals surface area contributed by atoms with Crippen LogP contribution >= 0.6 is 0 Å². The number of ketones is 1. The molecule has 10 heavy (non-hydrogen) atoms. The van der Waals surface area contributed by atoms with Gasteiger partial charge < -0.3 is 0 Å². The van der Waals surface area contributed by atoms with E-state index in [4.69, 9.17) is 0 Å². The molecule has 0 spiro atoms. The van der Waals surface area contributed by atoms with Crippen molar-refractivity contribution in [3.8, 4) is 0 Å². The van der Waals surface area contributed by atoms with Crippen LogP contribution in [0.5, 0.6) is 0 Å². The van der Waals surface area contributed by atoms with Crippen molar-refractivity contribution in [1.29, 1.82) is 0 Å². The number of hydrogen-bond acceptors (Lipinski definition) is 1. The standard InChI is InChI=1S/C8H5FO/c9-7-5-3-1-2-4-6(5)8(7)10/h1-4,7H. The van der Waals surface area contributed by atoms with Crippen LogP contribution in [0.3, 0.4) is 0 Å². The van der Waals surface area contributed by atoms with Crippen LogP contribution in [0.4, 0.5) is 4.39 Å². The number of carbonyl (C=O) groups excluding carboxylic acids is 1. The second-order valence-electron chi connectivity index (χ2n) is 2.31. The van der Waals surface area contributed by atoms with Crippen molar-refractivity contribution in [2.24, 2.45) is 0 Å². The zero-order valence-corrected chi connectivity index (χ0v) is 5.17. The smallest absolute Gasteiger partial charge is 0.201 e. The van der Waals surface area contributed by atoms with Crippen molar-refractivity contribution in [1.82, 2.24) is 0 Å². The number of halogens is 1. The first kappa shape index (κ1) is 5.59. The molecule has 1 aliphatic rings. The van der Waals surface area contributed by atoms with Crippen LogP contribution in [0.2, 0.25) is 0 Å². The number of hydrogen-bond donors (Lipinski definition) is 0. The van der Waals surface area contributed by atoms with Crippen molar-refractivity contribution in [2.45, 2.75) is 6.17 Å². The van der Waals surface area contributed by atoms with Gasteiger partial charge in [0.1, 0.15) is 0 Å². The number of rotatable bonds is 0. The van der Waals surface area contributed by atoms with E-state index in [1.165, 1.54) is 0 Å². The Hall–Kier alpha value is -1.18. The van der Waals surface area contributed by atoms with E-state index >= 15 is 0 Å². The summed E-state index contributed by atoms with van der Waals surface area (Å²) < 4.78 is 12.6. The third-order valence-corrected chi connectivity index (χ3v) is 1.73. The molecule has 0 N–H and O–H groups in total. The van der Waals surface area contributed by atoms with Gasteiger partial charge in [-0.25, -0.2) is 4.39 Å². The lowest BCUT2D eigenvalue weighted by atomic mass is 9.85. The zero-order valence-electron chi connectivity index (χ0n) is 5.17. The van der Waals surface area contributed by atoms with Crippen molar-refractivity contribution in [3.63, 3.8) is 0 Å². The molecule has 1 aromatic rings. The maximum atomic E-state index is 12.6. The Morgan fingerprint density at radius 3 is 2.70 bits per heavy atom. The highest BCUT2D eigenvalue weighted by Gasteiger charge is 2.35. The maximum Gasteiger partial charge on any atom is 0.201 e. The van der Waals surface area contributed by atoms with Crippen molar-refractivity contribution in [3.05, 3.63) is 35.4 Å². The highest BCUT2D eigenvalue weighted by atomic mass is 19.1. The van der Waals surface area contributed by atoms with Gasteiger partial charge in [-0.15, -0.1) is 0 Å². The van der Waals surface area contributed by atoms with Gasteiger partial charge in [0.2, 0.25) is 5.78 Å². The van der Waals surface area contributed by atoms with Crippen LogP contribution in [0.1, 0.15) is 22.1 Å². The van der Waals surface area contributed by atoms with Crippen LogP contribution in [0, 0.1) is 0 Å². The SMILES string of the molecule is O=C1c2ccccc2C1F. The van der Waals surface area contributed by atoms with E-state index in [1.54, 1.807) is 24.3 Å². The van der Waals surface area contributed by atoms with Gasteiger partial charge in [0.05, 0.1) is 0 Å². The Morgan fingerprint density at radius 2 is 2.00 bits per heavy atom. The lowest BCUT2D eigenvalue weighted by Gasteiger charge is -2.20. The van der Waals surface area contributed by atoms with E-state index in [0.717, 1.165) is 0 Å². The summed E-state index contributed by atoms with van der Waals surface area (Å²) in [6.07, 6.45) is -1.35. The molecular weight excluding hydrogens is 131 g/mol. The summed E-state index contributed by atoms with van der Waals surface area (Å²) in [7, 11) is 0. The molecule has 0 saturated heterocycles. The van der Waals surface area contributed by atoms with E-state index in [-0.39, 0.29) is 5.78 Å². The van der Waals surface area contributed by atoms with Crippen LogP contribution in [0.15, 0.2) is 24.3 Å². The Bertz CT molecular complexity index is 293. The van der Waals surface area contributed by atoms with E-state index in [9.17, 15) is 9.18 Å². The van der Waals surface area contributed by atoms with Gasteiger partial charge in [-0.05, 0) is 0 Å². The molecule has 0 amide bonds. The molecule has 1 aliphatic carbocycles. The van der Waals surface area contributed by atoms with Crippen molar-refractivity contribution < 1.29 is 9.18 Å². The van der Waals surface area contributed by atoms with Crippen molar-refractivity contribution in [2.75, 3.05) is 0 Å². The molecule has 2 rings (SSSR count). The summed E-state index contributed by atoms with van der Waals surface area (Å²) in [6, 6.07) is 6.76. The molecule has 50 valence electrons. The molecule has 0 aliphatic heterocycles. The van der Waals surface area contributed by atoms with Gasteiger partial charge in [0.25, 0.3) is 0 Å². The second-order valence-corrected chi connectivity index (χ2v) is 2.31. The molecule has 1 nitrogen and oxygen atoms in total. The van der Waals surface area contributed by atoms with E-state index in [0.29, 0.717) is 11.1 Å². The molecule has 1 atom stereocenters. The monoisotopic (exact) mass is 136 g/mol. The fraction of sp³-hybridized carbons (Fsp3) is 0.125. The van der Waals surface area contributed by atoms with Crippen LogP contribution in [0.25, 0.3) is 0 Å². The first-order chi connectivity index (χ1) is 4.80. The minimum absolute atomic E-state index is 0.379. The van der Waals surface area contributed by atoms with Crippen LogP contribution in [-0.4, -0.2) is 5.78 Å². The Balaban J connectivity index is 2.60. The zero-order chi connectivity index (χ0) is 7.14. The summed E-state index contributed by atoms with van der Waals surface area (Å²) >= 11 is 0. The fourth-order valence-electron chi connectivity index (χ4n) is 1.14. The maximum absolute atomic E-state index is 12.6. The van der Waals surface area contributed by atoms with Gasteiger partial charge in [0, 0.05) is 11.1 Å². The predicted molar refractivity (Wildman–Crippen MR) is 34.6 cm³/mol. The molecule has 2 heteroatoms. The molecule has 0 bridgehead atoms. The van der Waals surface area contributed by atoms with E-state index in [1.807, 2.05) is 0 Å². The summed E-state index contributed by atoms with van der Waals surface area (Å²) in [4.78, 5) is 10.7. The average Bonchev–Trinajstić information content (AvgIpc) is 2.03. The number of carbonyl (C=O) groups is 1. The fourth-order valence-corrected chi connectivity index (χ4v) is 1.14. The summed E-state index contributed by atoms with van der Waals surface area (Å²) in [5.74, 6) is -0.379. The normalized spacial score (nSPS) is 21.7. The largest absolute Gasteiger partial charge is 0.290 e. The van der Waals surface area contributed by atoms with E-state index in [2.05, 4.69) is 0 Å². The lowest BCUT2D eigenvalue weighted by molar-refractivity contribution is 0.0828. The first-order valence-electron chi connectivity index (χ1n) is 3.08. The topological polar surface area (TPSA) is 17.1 Å². The minimum Gasteiger partial charge on any atom is -0.290 e. The summed E-state index contributed by atoms with van der Waals surface area (Å²) in [6.45, 7) is 0. The molecule has 0 aromatic heterocycles. The Labute approximate surface area is 57.5 Å². The molecule has 1 aromatic carbocycles. The van der Waals surface area contributed by atoms with Gasteiger partial charge in [-0.1, -0.05) is 24.3 Å². The van der Waals surface area contributed by atoms with Gasteiger partial charge in [0.15, 0.2) is 6.17 Å². The number of Topliss-reactive ketones (excluding diaryl/α,β-unsaturated/α-hetero) is 1. The third kappa shape index (κ3) is 0.485. The Kier molecular flexibility index (Phi) is 0.926. The van der Waals surface area contributed by atoms with Crippen LogP contribution < -0.4 is 0 Å². The average molecular weight is 136 g/mol.